The van der Waals surface area contributed by atoms with Crippen molar-refractivity contribution in [1.29, 1.82) is 0 Å². The summed E-state index contributed by atoms with van der Waals surface area (Å²) in [4.78, 5) is 0. The van der Waals surface area contributed by atoms with Crippen LogP contribution in [0.4, 0.5) is 0 Å². The summed E-state index contributed by atoms with van der Waals surface area (Å²) in [6, 6.07) is 0.488. The lowest BCUT2D eigenvalue weighted by atomic mass is 10.2. The van der Waals surface area contributed by atoms with E-state index >= 15 is 0 Å². The zero-order valence-corrected chi connectivity index (χ0v) is 9.09. The summed E-state index contributed by atoms with van der Waals surface area (Å²) in [7, 11) is 1.79. The lowest BCUT2D eigenvalue weighted by molar-refractivity contribution is 0.0846. The molecule has 0 amide bonds. The Labute approximate surface area is 87.8 Å². The Balaban J connectivity index is 1.80. The molecule has 1 aliphatic carbocycles. The highest BCUT2D eigenvalue weighted by Crippen LogP contribution is 2.21. The predicted octanol–water partition coefficient (Wildman–Crippen LogP) is 1.20. The van der Waals surface area contributed by atoms with Crippen LogP contribution in [-0.4, -0.2) is 28.8 Å². The van der Waals surface area contributed by atoms with Gasteiger partial charge in [0.15, 0.2) is 0 Å². The molecule has 2 unspecified atom stereocenters. The van der Waals surface area contributed by atoms with Crippen molar-refractivity contribution in [3.63, 3.8) is 0 Å². The number of rotatable bonds is 4. The van der Waals surface area contributed by atoms with Gasteiger partial charge in [0, 0.05) is 25.1 Å². The van der Waals surface area contributed by atoms with Crippen LogP contribution in [0.2, 0.25) is 0 Å². The van der Waals surface area contributed by atoms with Gasteiger partial charge in [-0.15, -0.1) is 5.10 Å². The summed E-state index contributed by atoms with van der Waals surface area (Å²) in [5.41, 5.74) is 1.02. The van der Waals surface area contributed by atoms with Gasteiger partial charge in [0.1, 0.15) is 0 Å². The van der Waals surface area contributed by atoms with Gasteiger partial charge in [-0.1, -0.05) is 4.49 Å². The zero-order chi connectivity index (χ0) is 9.80. The smallest absolute Gasteiger partial charge is 0.0893 e. The van der Waals surface area contributed by atoms with Gasteiger partial charge in [0.05, 0.1) is 11.8 Å². The number of aromatic nitrogens is 2. The van der Waals surface area contributed by atoms with E-state index in [4.69, 9.17) is 4.74 Å². The molecule has 0 aromatic carbocycles. The van der Waals surface area contributed by atoms with Gasteiger partial charge >= 0.3 is 0 Å². The molecule has 0 radical (unpaired) electrons. The molecule has 0 bridgehead atoms. The van der Waals surface area contributed by atoms with E-state index in [2.05, 4.69) is 14.9 Å². The third-order valence-corrected chi connectivity index (χ3v) is 3.26. The second-order valence-corrected chi connectivity index (χ2v) is 4.20. The second-order valence-electron chi connectivity index (χ2n) is 3.59. The molecule has 5 heteroatoms. The lowest BCUT2D eigenvalue weighted by Crippen LogP contribution is -2.36. The average molecular weight is 213 g/mol. The van der Waals surface area contributed by atoms with Crippen molar-refractivity contribution < 1.29 is 4.74 Å². The third-order valence-electron chi connectivity index (χ3n) is 2.71. The number of ether oxygens (including phenoxy) is 1. The van der Waals surface area contributed by atoms with Crippen LogP contribution in [0.5, 0.6) is 0 Å². The lowest BCUT2D eigenvalue weighted by Gasteiger charge is -2.18. The molecule has 0 saturated heterocycles. The SMILES string of the molecule is COC1CCCC1NCc1csnn1. The van der Waals surface area contributed by atoms with Crippen LogP contribution in [0.1, 0.15) is 25.0 Å². The van der Waals surface area contributed by atoms with E-state index in [0.29, 0.717) is 12.1 Å². The van der Waals surface area contributed by atoms with Crippen LogP contribution >= 0.6 is 11.5 Å². The van der Waals surface area contributed by atoms with Crippen LogP contribution in [0.15, 0.2) is 5.38 Å². The van der Waals surface area contributed by atoms with Gasteiger partial charge in [0.2, 0.25) is 0 Å². The van der Waals surface area contributed by atoms with E-state index in [1.165, 1.54) is 30.8 Å². The van der Waals surface area contributed by atoms with Crippen LogP contribution in [0, 0.1) is 0 Å². The van der Waals surface area contributed by atoms with Gasteiger partial charge < -0.3 is 10.1 Å². The topological polar surface area (TPSA) is 47.0 Å². The third kappa shape index (κ3) is 2.29. The standard InChI is InChI=1S/C9H15N3OS/c1-13-9-4-2-3-8(9)10-5-7-6-14-12-11-7/h6,8-10H,2-5H2,1H3. The second kappa shape index (κ2) is 4.82. The Morgan fingerprint density at radius 1 is 1.64 bits per heavy atom. The van der Waals surface area contributed by atoms with Crippen LogP contribution < -0.4 is 5.32 Å². The highest BCUT2D eigenvalue weighted by molar-refractivity contribution is 7.03. The van der Waals surface area contributed by atoms with Crippen molar-refractivity contribution in [1.82, 2.24) is 14.9 Å². The molecule has 0 spiro atoms. The van der Waals surface area contributed by atoms with Crippen molar-refractivity contribution >= 4 is 11.5 Å². The molecule has 78 valence electrons. The first kappa shape index (κ1) is 10.0. The van der Waals surface area contributed by atoms with Crippen molar-refractivity contribution in [2.75, 3.05) is 7.11 Å². The first-order valence-corrected chi connectivity index (χ1v) is 5.76. The molecular weight excluding hydrogens is 198 g/mol. The maximum absolute atomic E-state index is 5.40. The van der Waals surface area contributed by atoms with Crippen molar-refractivity contribution in [3.8, 4) is 0 Å². The highest BCUT2D eigenvalue weighted by Gasteiger charge is 2.26. The van der Waals surface area contributed by atoms with Gasteiger partial charge in [-0.3, -0.25) is 0 Å². The molecule has 4 nitrogen and oxygen atoms in total. The Kier molecular flexibility index (Phi) is 3.44. The number of nitrogens with zero attached hydrogens (tertiary/aromatic N) is 2. The van der Waals surface area contributed by atoms with Gasteiger partial charge in [-0.05, 0) is 30.8 Å². The summed E-state index contributed by atoms with van der Waals surface area (Å²) in [5.74, 6) is 0. The molecule has 1 aromatic heterocycles. The Morgan fingerprint density at radius 3 is 3.29 bits per heavy atom. The summed E-state index contributed by atoms with van der Waals surface area (Å²) in [6.07, 6.45) is 4.01. The fourth-order valence-corrected chi connectivity index (χ4v) is 2.39. The van der Waals surface area contributed by atoms with Crippen LogP contribution in [-0.2, 0) is 11.3 Å². The maximum atomic E-state index is 5.40. The molecule has 1 heterocycles. The largest absolute Gasteiger partial charge is 0.380 e. The fourth-order valence-electron chi connectivity index (χ4n) is 1.94. The van der Waals surface area contributed by atoms with Gasteiger partial charge in [0.25, 0.3) is 0 Å². The van der Waals surface area contributed by atoms with E-state index in [1.807, 2.05) is 5.38 Å². The minimum absolute atomic E-state index is 0.376. The van der Waals surface area contributed by atoms with E-state index in [0.717, 1.165) is 12.2 Å². The Morgan fingerprint density at radius 2 is 2.57 bits per heavy atom. The predicted molar refractivity (Wildman–Crippen MR) is 55.2 cm³/mol. The molecule has 1 saturated carbocycles. The molecule has 2 rings (SSSR count). The van der Waals surface area contributed by atoms with Gasteiger partial charge in [-0.2, -0.15) is 0 Å². The van der Waals surface area contributed by atoms with E-state index in [-0.39, 0.29) is 0 Å². The number of nitrogens with one attached hydrogen (secondary N) is 1. The molecule has 1 N–H and O–H groups in total. The average Bonchev–Trinajstić information content (AvgIpc) is 2.85. The van der Waals surface area contributed by atoms with Crippen LogP contribution in [0.3, 0.4) is 0 Å². The summed E-state index contributed by atoms with van der Waals surface area (Å²) in [5, 5.41) is 9.43. The first-order valence-electron chi connectivity index (χ1n) is 4.92. The molecule has 1 aromatic rings. The number of methoxy groups -OCH3 is 1. The monoisotopic (exact) mass is 213 g/mol. The van der Waals surface area contributed by atoms with Crippen molar-refractivity contribution in [2.45, 2.75) is 38.0 Å². The Hall–Kier alpha value is -0.520. The van der Waals surface area contributed by atoms with Gasteiger partial charge in [-0.25, -0.2) is 0 Å². The number of hydrogen-bond donors (Lipinski definition) is 1. The highest BCUT2D eigenvalue weighted by atomic mass is 32.1. The molecule has 1 fully saturated rings. The minimum Gasteiger partial charge on any atom is -0.380 e. The number of hydrogen-bond acceptors (Lipinski definition) is 5. The summed E-state index contributed by atoms with van der Waals surface area (Å²) in [6.45, 7) is 0.807. The van der Waals surface area contributed by atoms with E-state index in [9.17, 15) is 0 Å². The molecule has 1 aliphatic rings. The van der Waals surface area contributed by atoms with E-state index in [1.54, 1.807) is 7.11 Å². The van der Waals surface area contributed by atoms with Crippen molar-refractivity contribution in [3.05, 3.63) is 11.1 Å². The minimum atomic E-state index is 0.376. The fraction of sp³-hybridized carbons (Fsp3) is 0.778. The molecule has 0 aliphatic heterocycles. The Bertz CT molecular complexity index is 265. The zero-order valence-electron chi connectivity index (χ0n) is 8.27. The molecule has 14 heavy (non-hydrogen) atoms. The van der Waals surface area contributed by atoms with Crippen LogP contribution in [0.25, 0.3) is 0 Å². The van der Waals surface area contributed by atoms with Crippen molar-refractivity contribution in [2.24, 2.45) is 0 Å². The van der Waals surface area contributed by atoms with E-state index < -0.39 is 0 Å². The quantitative estimate of drug-likeness (QED) is 0.816. The molecule has 2 atom stereocenters. The maximum Gasteiger partial charge on any atom is 0.0893 e. The summed E-state index contributed by atoms with van der Waals surface area (Å²) >= 11 is 1.40. The normalized spacial score (nSPS) is 26.9. The molecular formula is C9H15N3OS. The summed E-state index contributed by atoms with van der Waals surface area (Å²) < 4.78 is 9.22. The first-order chi connectivity index (χ1) is 6.90.